The normalized spacial score (nSPS) is 11.4. The number of nitrogens with zero attached hydrogens (tertiary/aromatic N) is 3. The standard InChI is InChI=1S/C13H15N3O4S/c1-15-12(8-11(14-15)13(17)18)9-5-4-6-10(7-9)16(2)21(3,19)20/h4-8H,1-3H3,(H,17,18). The third-order valence-corrected chi connectivity index (χ3v) is 4.31. The van der Waals surface area contributed by atoms with Crippen LogP contribution in [-0.2, 0) is 17.1 Å². The van der Waals surface area contributed by atoms with Gasteiger partial charge in [-0.25, -0.2) is 13.2 Å². The molecule has 0 atom stereocenters. The minimum absolute atomic E-state index is 0.0608. The number of anilines is 1. The van der Waals surface area contributed by atoms with Gasteiger partial charge in [-0.05, 0) is 18.2 Å². The van der Waals surface area contributed by atoms with E-state index in [0.29, 0.717) is 16.9 Å². The van der Waals surface area contributed by atoms with Crippen molar-refractivity contribution in [1.29, 1.82) is 0 Å². The van der Waals surface area contributed by atoms with Gasteiger partial charge in [0.05, 0.1) is 17.6 Å². The van der Waals surface area contributed by atoms with E-state index in [1.807, 2.05) is 0 Å². The summed E-state index contributed by atoms with van der Waals surface area (Å²) in [6.45, 7) is 0. The Labute approximate surface area is 122 Å². The SMILES string of the molecule is CN(c1cccc(-c2cc(C(=O)O)nn2C)c1)S(C)(=O)=O. The predicted molar refractivity (Wildman–Crippen MR) is 78.9 cm³/mol. The molecule has 0 fully saturated rings. The molecule has 0 aliphatic carbocycles. The van der Waals surface area contributed by atoms with E-state index in [1.54, 1.807) is 31.3 Å². The van der Waals surface area contributed by atoms with E-state index in [0.717, 1.165) is 10.6 Å². The highest BCUT2D eigenvalue weighted by Crippen LogP contribution is 2.25. The largest absolute Gasteiger partial charge is 0.476 e. The van der Waals surface area contributed by atoms with Gasteiger partial charge in [0.15, 0.2) is 5.69 Å². The Bertz CT molecular complexity index is 795. The maximum absolute atomic E-state index is 11.6. The Balaban J connectivity index is 2.49. The van der Waals surface area contributed by atoms with Crippen LogP contribution >= 0.6 is 0 Å². The number of aryl methyl sites for hydroxylation is 1. The first kappa shape index (κ1) is 15.0. The van der Waals surface area contributed by atoms with Crippen LogP contribution < -0.4 is 4.31 Å². The molecule has 0 radical (unpaired) electrons. The average molecular weight is 309 g/mol. The van der Waals surface area contributed by atoms with E-state index in [9.17, 15) is 13.2 Å². The van der Waals surface area contributed by atoms with E-state index < -0.39 is 16.0 Å². The van der Waals surface area contributed by atoms with E-state index in [1.165, 1.54) is 17.8 Å². The highest BCUT2D eigenvalue weighted by Gasteiger charge is 2.15. The van der Waals surface area contributed by atoms with Gasteiger partial charge in [-0.2, -0.15) is 5.10 Å². The molecule has 1 heterocycles. The second kappa shape index (κ2) is 5.21. The summed E-state index contributed by atoms with van der Waals surface area (Å²) in [6.07, 6.45) is 1.12. The maximum atomic E-state index is 11.6. The fourth-order valence-electron chi connectivity index (χ4n) is 1.89. The molecule has 1 N–H and O–H groups in total. The minimum atomic E-state index is -3.36. The molecule has 0 saturated carbocycles. The molecule has 0 bridgehead atoms. The molecular weight excluding hydrogens is 294 g/mol. The van der Waals surface area contributed by atoms with Crippen molar-refractivity contribution in [3.63, 3.8) is 0 Å². The summed E-state index contributed by atoms with van der Waals surface area (Å²) in [7, 11) is -0.264. The fraction of sp³-hybridized carbons (Fsp3) is 0.231. The van der Waals surface area contributed by atoms with Gasteiger partial charge >= 0.3 is 5.97 Å². The summed E-state index contributed by atoms with van der Waals surface area (Å²) in [5, 5.41) is 12.9. The zero-order valence-electron chi connectivity index (χ0n) is 11.8. The zero-order chi connectivity index (χ0) is 15.8. The van der Waals surface area contributed by atoms with Crippen molar-refractivity contribution in [3.05, 3.63) is 36.0 Å². The second-order valence-electron chi connectivity index (χ2n) is 4.62. The van der Waals surface area contributed by atoms with Gasteiger partial charge in [0.1, 0.15) is 0 Å². The van der Waals surface area contributed by atoms with E-state index in [4.69, 9.17) is 5.11 Å². The highest BCUT2D eigenvalue weighted by molar-refractivity contribution is 7.92. The Hall–Kier alpha value is -2.35. The lowest BCUT2D eigenvalue weighted by Gasteiger charge is -2.17. The number of aromatic nitrogens is 2. The van der Waals surface area contributed by atoms with Crippen molar-refractivity contribution >= 4 is 21.7 Å². The van der Waals surface area contributed by atoms with Gasteiger partial charge in [0.2, 0.25) is 10.0 Å². The summed E-state index contributed by atoms with van der Waals surface area (Å²) in [4.78, 5) is 10.9. The molecule has 0 unspecified atom stereocenters. The lowest BCUT2D eigenvalue weighted by molar-refractivity contribution is 0.0689. The molecule has 1 aromatic carbocycles. The van der Waals surface area contributed by atoms with Crippen molar-refractivity contribution in [2.45, 2.75) is 0 Å². The third-order valence-electron chi connectivity index (χ3n) is 3.10. The Kier molecular flexibility index (Phi) is 3.73. The van der Waals surface area contributed by atoms with Gasteiger partial charge in [-0.1, -0.05) is 12.1 Å². The number of carbonyl (C=O) groups is 1. The lowest BCUT2D eigenvalue weighted by Crippen LogP contribution is -2.24. The summed E-state index contributed by atoms with van der Waals surface area (Å²) in [5.41, 5.74) is 1.71. The van der Waals surface area contributed by atoms with Crippen molar-refractivity contribution in [2.75, 3.05) is 17.6 Å². The van der Waals surface area contributed by atoms with Gasteiger partial charge in [-0.15, -0.1) is 0 Å². The van der Waals surface area contributed by atoms with Crippen LogP contribution in [0.2, 0.25) is 0 Å². The molecule has 0 saturated heterocycles. The molecular formula is C13H15N3O4S. The van der Waals surface area contributed by atoms with E-state index in [-0.39, 0.29) is 5.69 Å². The molecule has 0 spiro atoms. The quantitative estimate of drug-likeness (QED) is 0.915. The van der Waals surface area contributed by atoms with Crippen molar-refractivity contribution < 1.29 is 18.3 Å². The average Bonchev–Trinajstić information content (AvgIpc) is 2.79. The Morgan fingerprint density at radius 3 is 2.52 bits per heavy atom. The predicted octanol–water partition coefficient (Wildman–Crippen LogP) is 1.18. The number of aromatic carboxylic acids is 1. The Morgan fingerprint density at radius 1 is 1.33 bits per heavy atom. The molecule has 112 valence electrons. The molecule has 0 amide bonds. The summed E-state index contributed by atoms with van der Waals surface area (Å²) in [5.74, 6) is -1.11. The molecule has 21 heavy (non-hydrogen) atoms. The molecule has 0 aliphatic rings. The number of carboxylic acids is 1. The summed E-state index contributed by atoms with van der Waals surface area (Å²) < 4.78 is 25.7. The van der Waals surface area contributed by atoms with Crippen molar-refractivity contribution in [1.82, 2.24) is 9.78 Å². The minimum Gasteiger partial charge on any atom is -0.476 e. The molecule has 8 heteroatoms. The first-order valence-corrected chi connectivity index (χ1v) is 7.86. The summed E-state index contributed by atoms with van der Waals surface area (Å²) in [6, 6.07) is 8.26. The van der Waals surface area contributed by atoms with Crippen molar-refractivity contribution in [3.8, 4) is 11.3 Å². The molecule has 1 aromatic heterocycles. The van der Waals surface area contributed by atoms with Crippen LogP contribution in [0.15, 0.2) is 30.3 Å². The van der Waals surface area contributed by atoms with Crippen LogP contribution in [0.25, 0.3) is 11.3 Å². The lowest BCUT2D eigenvalue weighted by atomic mass is 10.1. The fourth-order valence-corrected chi connectivity index (χ4v) is 2.39. The van der Waals surface area contributed by atoms with Gasteiger partial charge in [0.25, 0.3) is 0 Å². The van der Waals surface area contributed by atoms with Gasteiger partial charge < -0.3 is 5.11 Å². The zero-order valence-corrected chi connectivity index (χ0v) is 12.6. The van der Waals surface area contributed by atoms with Crippen LogP contribution in [0.5, 0.6) is 0 Å². The van der Waals surface area contributed by atoms with E-state index in [2.05, 4.69) is 5.10 Å². The number of sulfonamides is 1. The highest BCUT2D eigenvalue weighted by atomic mass is 32.2. The third kappa shape index (κ3) is 3.05. The van der Waals surface area contributed by atoms with Crippen LogP contribution in [0.1, 0.15) is 10.5 Å². The van der Waals surface area contributed by atoms with Gasteiger partial charge in [-0.3, -0.25) is 8.99 Å². The first-order valence-electron chi connectivity index (χ1n) is 6.02. The monoisotopic (exact) mass is 309 g/mol. The molecule has 2 aromatic rings. The number of hydrogen-bond acceptors (Lipinski definition) is 4. The summed E-state index contributed by atoms with van der Waals surface area (Å²) >= 11 is 0. The van der Waals surface area contributed by atoms with Crippen LogP contribution in [0.3, 0.4) is 0 Å². The van der Waals surface area contributed by atoms with Gasteiger partial charge in [0, 0.05) is 19.7 Å². The van der Waals surface area contributed by atoms with Crippen LogP contribution in [0, 0.1) is 0 Å². The molecule has 0 aliphatic heterocycles. The van der Waals surface area contributed by atoms with E-state index >= 15 is 0 Å². The smallest absolute Gasteiger partial charge is 0.356 e. The van der Waals surface area contributed by atoms with Crippen LogP contribution in [-0.4, -0.2) is 42.6 Å². The molecule has 2 rings (SSSR count). The van der Waals surface area contributed by atoms with Crippen molar-refractivity contribution in [2.24, 2.45) is 7.05 Å². The second-order valence-corrected chi connectivity index (χ2v) is 6.64. The maximum Gasteiger partial charge on any atom is 0.356 e. The number of hydrogen-bond donors (Lipinski definition) is 1. The number of carboxylic acid groups (broad SMARTS) is 1. The van der Waals surface area contributed by atoms with Crippen LogP contribution in [0.4, 0.5) is 5.69 Å². The number of rotatable bonds is 4. The number of benzene rings is 1. The topological polar surface area (TPSA) is 92.5 Å². The first-order chi connectivity index (χ1) is 9.70. The molecule has 7 nitrogen and oxygen atoms in total. The Morgan fingerprint density at radius 2 is 2.00 bits per heavy atom.